The molecule has 32 heavy (non-hydrogen) atoms. The molecule has 0 aromatic heterocycles. The van der Waals surface area contributed by atoms with Gasteiger partial charge in [0.05, 0.1) is 15.5 Å². The number of hydrogen-bond donors (Lipinski definition) is 2. The predicted octanol–water partition coefficient (Wildman–Crippen LogP) is 3.26. The van der Waals surface area contributed by atoms with Crippen molar-refractivity contribution in [2.45, 2.75) is 4.90 Å². The summed E-state index contributed by atoms with van der Waals surface area (Å²) < 4.78 is 26.8. The fraction of sp³-hybridized carbons (Fsp3) is 0.136. The van der Waals surface area contributed by atoms with Gasteiger partial charge in [0.15, 0.2) is 0 Å². The van der Waals surface area contributed by atoms with E-state index >= 15 is 0 Å². The number of para-hydroxylation sites is 3. The predicted molar refractivity (Wildman–Crippen MR) is 122 cm³/mol. The van der Waals surface area contributed by atoms with Crippen LogP contribution in [0.5, 0.6) is 0 Å². The van der Waals surface area contributed by atoms with Crippen molar-refractivity contribution in [2.24, 2.45) is 0 Å². The first-order chi connectivity index (χ1) is 15.3. The van der Waals surface area contributed by atoms with Gasteiger partial charge in [-0.05, 0) is 42.5 Å². The van der Waals surface area contributed by atoms with E-state index in [0.29, 0.717) is 16.9 Å². The molecule has 0 aliphatic rings. The Kier molecular flexibility index (Phi) is 7.06. The molecule has 1 amide bonds. The standard InChI is InChI=1S/C22H22N4O5S/c1-25(18-7-3-2-4-8-18)32(30,31)19-13-11-17(12-14-19)22(27)24-16-15-23-20-9-5-6-10-21(20)26(28)29/h2-14,23H,15-16H2,1H3,(H,24,27). The molecule has 0 fully saturated rings. The van der Waals surface area contributed by atoms with Crippen LogP contribution in [0.25, 0.3) is 0 Å². The second kappa shape index (κ2) is 9.92. The zero-order chi connectivity index (χ0) is 23.1. The topological polar surface area (TPSA) is 122 Å². The van der Waals surface area contributed by atoms with E-state index in [4.69, 9.17) is 0 Å². The molecule has 0 unspecified atom stereocenters. The lowest BCUT2D eigenvalue weighted by atomic mass is 10.2. The molecule has 0 radical (unpaired) electrons. The summed E-state index contributed by atoms with van der Waals surface area (Å²) in [5.41, 5.74) is 1.15. The van der Waals surface area contributed by atoms with Gasteiger partial charge in [0.2, 0.25) is 0 Å². The molecule has 9 nitrogen and oxygen atoms in total. The minimum atomic E-state index is -3.76. The van der Waals surface area contributed by atoms with Gasteiger partial charge < -0.3 is 10.6 Å². The van der Waals surface area contributed by atoms with Gasteiger partial charge in [0.25, 0.3) is 21.6 Å². The lowest BCUT2D eigenvalue weighted by molar-refractivity contribution is -0.384. The van der Waals surface area contributed by atoms with E-state index in [1.54, 1.807) is 48.5 Å². The van der Waals surface area contributed by atoms with E-state index in [2.05, 4.69) is 10.6 Å². The maximum absolute atomic E-state index is 12.8. The molecular weight excluding hydrogens is 432 g/mol. The van der Waals surface area contributed by atoms with Crippen LogP contribution in [0.2, 0.25) is 0 Å². The van der Waals surface area contributed by atoms with Crippen molar-refractivity contribution < 1.29 is 18.1 Å². The van der Waals surface area contributed by atoms with Crippen molar-refractivity contribution in [1.82, 2.24) is 5.32 Å². The van der Waals surface area contributed by atoms with Gasteiger partial charge in [-0.3, -0.25) is 19.2 Å². The summed E-state index contributed by atoms with van der Waals surface area (Å²) >= 11 is 0. The molecule has 10 heteroatoms. The molecule has 0 aliphatic heterocycles. The third kappa shape index (κ3) is 5.22. The Balaban J connectivity index is 1.58. The minimum absolute atomic E-state index is 0.0453. The maximum atomic E-state index is 12.8. The Morgan fingerprint density at radius 1 is 0.938 bits per heavy atom. The number of sulfonamides is 1. The molecule has 3 aromatic carbocycles. The molecule has 0 heterocycles. The number of carbonyl (C=O) groups excluding carboxylic acids is 1. The summed E-state index contributed by atoms with van der Waals surface area (Å²) in [5.74, 6) is -0.380. The number of nitrogens with one attached hydrogen (secondary N) is 2. The summed E-state index contributed by atoms with van der Waals surface area (Å²) in [6.07, 6.45) is 0. The van der Waals surface area contributed by atoms with Crippen molar-refractivity contribution in [2.75, 3.05) is 29.8 Å². The molecule has 2 N–H and O–H groups in total. The number of hydrogen-bond acceptors (Lipinski definition) is 6. The summed E-state index contributed by atoms with van der Waals surface area (Å²) in [6, 6.07) is 20.6. The number of anilines is 2. The van der Waals surface area contributed by atoms with Gasteiger partial charge in [-0.25, -0.2) is 8.42 Å². The highest BCUT2D eigenvalue weighted by molar-refractivity contribution is 7.92. The first kappa shape index (κ1) is 22.8. The van der Waals surface area contributed by atoms with Crippen molar-refractivity contribution in [3.8, 4) is 0 Å². The van der Waals surface area contributed by atoms with Gasteiger partial charge in [0.1, 0.15) is 5.69 Å². The average molecular weight is 455 g/mol. The van der Waals surface area contributed by atoms with Gasteiger partial charge >= 0.3 is 0 Å². The molecule has 0 atom stereocenters. The van der Waals surface area contributed by atoms with Crippen LogP contribution in [0.4, 0.5) is 17.1 Å². The molecule has 0 bridgehead atoms. The highest BCUT2D eigenvalue weighted by Crippen LogP contribution is 2.23. The van der Waals surface area contributed by atoms with Crippen LogP contribution in [-0.2, 0) is 10.0 Å². The second-order valence-electron chi connectivity index (χ2n) is 6.79. The van der Waals surface area contributed by atoms with Crippen molar-refractivity contribution >= 4 is 33.0 Å². The molecule has 0 spiro atoms. The largest absolute Gasteiger partial charge is 0.378 e. The molecule has 166 valence electrons. The Labute approximate surface area is 185 Å². The van der Waals surface area contributed by atoms with Gasteiger partial charge in [-0.1, -0.05) is 30.3 Å². The van der Waals surface area contributed by atoms with Gasteiger partial charge in [0, 0.05) is 31.8 Å². The number of amides is 1. The van der Waals surface area contributed by atoms with Crippen LogP contribution < -0.4 is 14.9 Å². The number of nitrogens with zero attached hydrogens (tertiary/aromatic N) is 2. The fourth-order valence-electron chi connectivity index (χ4n) is 2.97. The zero-order valence-electron chi connectivity index (χ0n) is 17.3. The van der Waals surface area contributed by atoms with Gasteiger partial charge in [-0.15, -0.1) is 0 Å². The molecular formula is C22H22N4O5S. The number of benzene rings is 3. The van der Waals surface area contributed by atoms with Crippen LogP contribution in [0.15, 0.2) is 83.8 Å². The highest BCUT2D eigenvalue weighted by Gasteiger charge is 2.21. The Morgan fingerprint density at radius 2 is 1.56 bits per heavy atom. The molecule has 0 aliphatic carbocycles. The fourth-order valence-corrected chi connectivity index (χ4v) is 4.17. The van der Waals surface area contributed by atoms with Crippen LogP contribution in [0, 0.1) is 10.1 Å². The highest BCUT2D eigenvalue weighted by atomic mass is 32.2. The smallest absolute Gasteiger partial charge is 0.292 e. The molecule has 0 saturated carbocycles. The van der Waals surface area contributed by atoms with E-state index in [1.165, 1.54) is 41.7 Å². The van der Waals surface area contributed by atoms with Crippen molar-refractivity contribution in [3.05, 3.63) is 94.5 Å². The van der Waals surface area contributed by atoms with E-state index in [-0.39, 0.29) is 29.6 Å². The summed E-state index contributed by atoms with van der Waals surface area (Å²) in [6.45, 7) is 0.507. The third-order valence-corrected chi connectivity index (χ3v) is 6.52. The Morgan fingerprint density at radius 3 is 2.22 bits per heavy atom. The van der Waals surface area contributed by atoms with E-state index < -0.39 is 14.9 Å². The number of rotatable bonds is 9. The first-order valence-corrected chi connectivity index (χ1v) is 11.1. The second-order valence-corrected chi connectivity index (χ2v) is 8.76. The number of carbonyl (C=O) groups is 1. The average Bonchev–Trinajstić information content (AvgIpc) is 2.82. The zero-order valence-corrected chi connectivity index (χ0v) is 18.1. The summed E-state index contributed by atoms with van der Waals surface area (Å²) in [4.78, 5) is 22.9. The third-order valence-electron chi connectivity index (χ3n) is 4.72. The van der Waals surface area contributed by atoms with Crippen molar-refractivity contribution in [3.63, 3.8) is 0 Å². The van der Waals surface area contributed by atoms with Crippen LogP contribution in [-0.4, -0.2) is 39.4 Å². The van der Waals surface area contributed by atoms with Crippen LogP contribution in [0.1, 0.15) is 10.4 Å². The monoisotopic (exact) mass is 454 g/mol. The number of nitro groups is 1. The molecule has 3 rings (SSSR count). The molecule has 3 aromatic rings. The normalized spacial score (nSPS) is 10.9. The Bertz CT molecular complexity index is 1200. The Hall–Kier alpha value is -3.92. The molecule has 0 saturated heterocycles. The minimum Gasteiger partial charge on any atom is -0.378 e. The quantitative estimate of drug-likeness (QED) is 0.291. The van der Waals surface area contributed by atoms with E-state index in [1.807, 2.05) is 0 Å². The summed E-state index contributed by atoms with van der Waals surface area (Å²) in [5, 5.41) is 16.6. The van der Waals surface area contributed by atoms with Gasteiger partial charge in [-0.2, -0.15) is 0 Å². The van der Waals surface area contributed by atoms with Crippen molar-refractivity contribution in [1.29, 1.82) is 0 Å². The summed E-state index contributed by atoms with van der Waals surface area (Å²) in [7, 11) is -2.29. The first-order valence-electron chi connectivity index (χ1n) is 9.70. The van der Waals surface area contributed by atoms with Crippen LogP contribution >= 0.6 is 0 Å². The lowest BCUT2D eigenvalue weighted by Crippen LogP contribution is -2.29. The van der Waals surface area contributed by atoms with E-state index in [9.17, 15) is 23.3 Å². The maximum Gasteiger partial charge on any atom is 0.292 e. The van der Waals surface area contributed by atoms with Crippen LogP contribution in [0.3, 0.4) is 0 Å². The number of nitro benzene ring substituents is 1. The van der Waals surface area contributed by atoms with E-state index in [0.717, 1.165) is 0 Å². The lowest BCUT2D eigenvalue weighted by Gasteiger charge is -2.19. The SMILES string of the molecule is CN(c1ccccc1)S(=O)(=O)c1ccc(C(=O)NCCNc2ccccc2[N+](=O)[O-])cc1.